The first kappa shape index (κ1) is 21.9. The van der Waals surface area contributed by atoms with Crippen molar-refractivity contribution in [2.45, 2.75) is 19.9 Å². The third-order valence-corrected chi connectivity index (χ3v) is 6.47. The first-order chi connectivity index (χ1) is 16.5. The number of anilines is 2. The van der Waals surface area contributed by atoms with Crippen molar-refractivity contribution in [1.82, 2.24) is 10.2 Å². The van der Waals surface area contributed by atoms with Gasteiger partial charge in [-0.3, -0.25) is 4.79 Å². The molecule has 0 unspecified atom stereocenters. The number of carbonyl (C=O) groups is 1. The summed E-state index contributed by atoms with van der Waals surface area (Å²) in [5, 5.41) is 16.0. The maximum absolute atomic E-state index is 14.4. The van der Waals surface area contributed by atoms with E-state index in [0.29, 0.717) is 23.7 Å². The summed E-state index contributed by atoms with van der Waals surface area (Å²) in [5.74, 6) is -1.27. The predicted octanol–water partition coefficient (Wildman–Crippen LogP) is 6.04. The summed E-state index contributed by atoms with van der Waals surface area (Å²) in [7, 11) is 0. The van der Waals surface area contributed by atoms with Gasteiger partial charge in [-0.25, -0.2) is 8.78 Å². The van der Waals surface area contributed by atoms with E-state index in [9.17, 15) is 13.6 Å². The van der Waals surface area contributed by atoms with Gasteiger partial charge in [0.05, 0.1) is 0 Å². The molecule has 5 nitrogen and oxygen atoms in total. The normalized spacial score (nSPS) is 12.3. The molecule has 170 valence electrons. The lowest BCUT2D eigenvalue weighted by molar-refractivity contribution is -0.114. The quantitative estimate of drug-likeness (QED) is 0.357. The van der Waals surface area contributed by atoms with Crippen LogP contribution in [0.2, 0.25) is 0 Å². The molecule has 0 bridgehead atoms. The lowest BCUT2D eigenvalue weighted by atomic mass is 9.97. The van der Waals surface area contributed by atoms with Crippen molar-refractivity contribution in [3.63, 3.8) is 0 Å². The minimum Gasteiger partial charge on any atom is -0.356 e. The largest absolute Gasteiger partial charge is 0.356 e. The fourth-order valence-electron chi connectivity index (χ4n) is 3.92. The highest BCUT2D eigenvalue weighted by molar-refractivity contribution is 7.18. The van der Waals surface area contributed by atoms with Gasteiger partial charge in [-0.2, -0.15) is 0 Å². The summed E-state index contributed by atoms with van der Waals surface area (Å²) in [6.07, 6.45) is 2.67. The molecule has 3 aromatic carbocycles. The Morgan fingerprint density at radius 2 is 1.82 bits per heavy atom. The maximum Gasteiger partial charge on any atom is 0.221 e. The standard InChI is InChI=1S/C26H20F2N4OS/c1-15(33)30-20-8-2-16(3-9-20)14-29-26-32-31-25(34-26)18-5-4-17-6-10-21(23(17)12-18)22-11-7-19(27)13-24(22)28/h2-5,7-13H,6,14H2,1H3,(H,29,32)(H,30,33). The van der Waals surface area contributed by atoms with Crippen molar-refractivity contribution in [2.24, 2.45) is 0 Å². The van der Waals surface area contributed by atoms with E-state index >= 15 is 0 Å². The first-order valence-corrected chi connectivity index (χ1v) is 11.5. The number of allylic oxidation sites excluding steroid dienone is 1. The van der Waals surface area contributed by atoms with E-state index in [2.05, 4.69) is 20.8 Å². The van der Waals surface area contributed by atoms with Crippen LogP contribution in [0.3, 0.4) is 0 Å². The number of hydrogen-bond donors (Lipinski definition) is 2. The molecular weight excluding hydrogens is 454 g/mol. The molecule has 1 aliphatic carbocycles. The number of carbonyl (C=O) groups excluding carboxylic acids is 1. The molecule has 0 saturated carbocycles. The van der Waals surface area contributed by atoms with E-state index in [1.807, 2.05) is 48.5 Å². The average molecular weight is 475 g/mol. The third-order valence-electron chi connectivity index (χ3n) is 5.54. The van der Waals surface area contributed by atoms with Crippen molar-refractivity contribution < 1.29 is 13.6 Å². The topological polar surface area (TPSA) is 66.9 Å². The van der Waals surface area contributed by atoms with Crippen LogP contribution in [0.5, 0.6) is 0 Å². The van der Waals surface area contributed by atoms with Crippen LogP contribution in [0, 0.1) is 11.6 Å². The van der Waals surface area contributed by atoms with Crippen molar-refractivity contribution in [1.29, 1.82) is 0 Å². The Hall–Kier alpha value is -3.91. The fourth-order valence-corrected chi connectivity index (χ4v) is 4.66. The second kappa shape index (κ2) is 9.15. The van der Waals surface area contributed by atoms with E-state index < -0.39 is 11.6 Å². The van der Waals surface area contributed by atoms with Crippen LogP contribution < -0.4 is 10.6 Å². The number of amides is 1. The molecule has 0 aliphatic heterocycles. The molecule has 34 heavy (non-hydrogen) atoms. The fraction of sp³-hybridized carbons (Fsp3) is 0.115. The zero-order valence-corrected chi connectivity index (χ0v) is 19.0. The molecule has 4 aromatic rings. The van der Waals surface area contributed by atoms with Gasteiger partial charge in [0.2, 0.25) is 11.0 Å². The molecule has 0 fully saturated rings. The second-order valence-corrected chi connectivity index (χ2v) is 8.94. The molecule has 0 radical (unpaired) electrons. The molecule has 0 spiro atoms. The number of nitrogens with one attached hydrogen (secondary N) is 2. The zero-order valence-electron chi connectivity index (χ0n) is 18.2. The molecule has 5 rings (SSSR count). The van der Waals surface area contributed by atoms with Gasteiger partial charge >= 0.3 is 0 Å². The van der Waals surface area contributed by atoms with Crippen LogP contribution in [0.15, 0.2) is 66.7 Å². The zero-order chi connectivity index (χ0) is 23.7. The lowest BCUT2D eigenvalue weighted by Gasteiger charge is -2.09. The number of halogens is 2. The minimum atomic E-state index is -0.591. The van der Waals surface area contributed by atoms with Crippen molar-refractivity contribution in [3.05, 3.63) is 101 Å². The van der Waals surface area contributed by atoms with Crippen molar-refractivity contribution in [3.8, 4) is 10.6 Å². The van der Waals surface area contributed by atoms with Crippen LogP contribution in [-0.2, 0) is 17.8 Å². The maximum atomic E-state index is 14.4. The van der Waals surface area contributed by atoms with Gasteiger partial charge < -0.3 is 10.6 Å². The Labute approximate surface area is 199 Å². The molecule has 1 aromatic heterocycles. The van der Waals surface area contributed by atoms with Gasteiger partial charge in [-0.1, -0.05) is 41.7 Å². The van der Waals surface area contributed by atoms with Crippen LogP contribution in [0.4, 0.5) is 19.6 Å². The average Bonchev–Trinajstić information content (AvgIpc) is 3.45. The number of hydrogen-bond acceptors (Lipinski definition) is 5. The molecule has 0 atom stereocenters. The van der Waals surface area contributed by atoms with E-state index in [1.165, 1.54) is 30.4 Å². The molecule has 1 amide bonds. The molecule has 1 aliphatic rings. The Morgan fingerprint density at radius 1 is 1.00 bits per heavy atom. The lowest BCUT2D eigenvalue weighted by Crippen LogP contribution is -2.06. The van der Waals surface area contributed by atoms with E-state index in [1.54, 1.807) is 0 Å². The number of aromatic nitrogens is 2. The van der Waals surface area contributed by atoms with Gasteiger partial charge in [-0.15, -0.1) is 10.2 Å². The number of nitrogens with zero attached hydrogens (tertiary/aromatic N) is 2. The second-order valence-electron chi connectivity index (χ2n) is 7.96. The van der Waals surface area contributed by atoms with E-state index in [-0.39, 0.29) is 5.91 Å². The van der Waals surface area contributed by atoms with Gasteiger partial charge in [0, 0.05) is 36.3 Å². The summed E-state index contributed by atoms with van der Waals surface area (Å²) in [6.45, 7) is 2.04. The summed E-state index contributed by atoms with van der Waals surface area (Å²) in [5.41, 5.74) is 5.85. The van der Waals surface area contributed by atoms with Gasteiger partial charge in [0.15, 0.2) is 0 Å². The summed E-state index contributed by atoms with van der Waals surface area (Å²) in [6, 6.07) is 17.2. The molecule has 1 heterocycles. The molecular formula is C26H20F2N4OS. The van der Waals surface area contributed by atoms with Crippen LogP contribution in [-0.4, -0.2) is 16.1 Å². The van der Waals surface area contributed by atoms with Gasteiger partial charge in [0.1, 0.15) is 16.6 Å². The Morgan fingerprint density at radius 3 is 2.59 bits per heavy atom. The van der Waals surface area contributed by atoms with Crippen LogP contribution in [0.25, 0.3) is 16.1 Å². The summed E-state index contributed by atoms with van der Waals surface area (Å²) < 4.78 is 27.8. The highest BCUT2D eigenvalue weighted by Crippen LogP contribution is 2.37. The van der Waals surface area contributed by atoms with Crippen molar-refractivity contribution >= 4 is 33.6 Å². The monoisotopic (exact) mass is 474 g/mol. The third kappa shape index (κ3) is 4.58. The van der Waals surface area contributed by atoms with Crippen LogP contribution in [0.1, 0.15) is 29.2 Å². The molecule has 0 saturated heterocycles. The SMILES string of the molecule is CC(=O)Nc1ccc(CNc2nnc(-c3ccc4c(c3)C(c3ccc(F)cc3F)=CC4)s2)cc1. The highest BCUT2D eigenvalue weighted by Gasteiger charge is 2.20. The Kier molecular flexibility index (Phi) is 5.90. The summed E-state index contributed by atoms with van der Waals surface area (Å²) >= 11 is 1.43. The highest BCUT2D eigenvalue weighted by atomic mass is 32.1. The Bertz CT molecular complexity index is 1410. The number of benzene rings is 3. The summed E-state index contributed by atoms with van der Waals surface area (Å²) in [4.78, 5) is 11.1. The Balaban J connectivity index is 1.31. The van der Waals surface area contributed by atoms with Crippen LogP contribution >= 0.6 is 11.3 Å². The predicted molar refractivity (Wildman–Crippen MR) is 131 cm³/mol. The van der Waals surface area contributed by atoms with E-state index in [0.717, 1.165) is 44.6 Å². The first-order valence-electron chi connectivity index (χ1n) is 10.7. The number of rotatable bonds is 6. The molecule has 8 heteroatoms. The molecule has 2 N–H and O–H groups in total. The van der Waals surface area contributed by atoms with Gasteiger partial charge in [0.25, 0.3) is 0 Å². The van der Waals surface area contributed by atoms with E-state index in [4.69, 9.17) is 0 Å². The van der Waals surface area contributed by atoms with Gasteiger partial charge in [-0.05, 0) is 59.0 Å². The number of fused-ring (bicyclic) bond motifs is 1. The minimum absolute atomic E-state index is 0.107. The van der Waals surface area contributed by atoms with Crippen molar-refractivity contribution in [2.75, 3.05) is 10.6 Å². The smallest absolute Gasteiger partial charge is 0.221 e.